The van der Waals surface area contributed by atoms with E-state index >= 15 is 0 Å². The molecule has 2 N–H and O–H groups in total. The van der Waals surface area contributed by atoms with Crippen molar-refractivity contribution in [3.63, 3.8) is 0 Å². The van der Waals surface area contributed by atoms with Gasteiger partial charge in [0, 0.05) is 48.6 Å². The van der Waals surface area contributed by atoms with Gasteiger partial charge in [-0.15, -0.1) is 0 Å². The first kappa shape index (κ1) is 12.4. The number of aryl methyl sites for hydroxylation is 1. The van der Waals surface area contributed by atoms with Crippen LogP contribution in [0.5, 0.6) is 0 Å². The number of rotatable bonds is 3. The fourth-order valence-corrected chi connectivity index (χ4v) is 2.74. The van der Waals surface area contributed by atoms with Crippen molar-refractivity contribution in [1.29, 1.82) is 0 Å². The van der Waals surface area contributed by atoms with E-state index in [4.69, 9.17) is 0 Å². The van der Waals surface area contributed by atoms with Crippen molar-refractivity contribution in [2.75, 3.05) is 23.4 Å². The highest BCUT2D eigenvalue weighted by Gasteiger charge is 2.16. The van der Waals surface area contributed by atoms with E-state index in [2.05, 4.69) is 15.6 Å². The zero-order valence-corrected chi connectivity index (χ0v) is 10.7. The molecule has 0 spiro atoms. The van der Waals surface area contributed by atoms with Crippen molar-refractivity contribution < 1.29 is 4.79 Å². The van der Waals surface area contributed by atoms with Crippen molar-refractivity contribution in [3.8, 4) is 0 Å². The van der Waals surface area contributed by atoms with Crippen LogP contribution in [0.4, 0.5) is 5.69 Å². The van der Waals surface area contributed by atoms with Gasteiger partial charge in [0.2, 0.25) is 5.91 Å². The predicted octanol–water partition coefficient (Wildman–Crippen LogP) is 1.42. The average Bonchev–Trinajstić information content (AvgIpc) is 2.33. The molecule has 1 amide bonds. The van der Waals surface area contributed by atoms with Gasteiger partial charge in [-0.25, -0.2) is 0 Å². The molecule has 17 heavy (non-hydrogen) atoms. The Balaban J connectivity index is 1.86. The molecule has 1 aliphatic rings. The Morgan fingerprint density at radius 2 is 2.59 bits per heavy atom. The Morgan fingerprint density at radius 1 is 1.71 bits per heavy atom. The minimum absolute atomic E-state index is 0.0688. The number of nitrogens with one attached hydrogen (secondary N) is 2. The van der Waals surface area contributed by atoms with Gasteiger partial charge < -0.3 is 10.6 Å². The van der Waals surface area contributed by atoms with Crippen LogP contribution in [0.15, 0.2) is 18.5 Å². The van der Waals surface area contributed by atoms with E-state index in [1.54, 1.807) is 12.4 Å². The van der Waals surface area contributed by atoms with Crippen LogP contribution >= 0.6 is 11.8 Å². The summed E-state index contributed by atoms with van der Waals surface area (Å²) in [7, 11) is 0. The SMILES string of the molecule is Cc1cnccc1NC(=O)CC1CSCCN1. The zero-order valence-electron chi connectivity index (χ0n) is 9.90. The molecule has 1 atom stereocenters. The first-order chi connectivity index (χ1) is 8.25. The summed E-state index contributed by atoms with van der Waals surface area (Å²) in [6, 6.07) is 2.13. The van der Waals surface area contributed by atoms with E-state index in [1.807, 2.05) is 24.8 Å². The lowest BCUT2D eigenvalue weighted by atomic mass is 10.2. The molecule has 0 saturated carbocycles. The lowest BCUT2D eigenvalue weighted by Crippen LogP contribution is -2.39. The van der Waals surface area contributed by atoms with Crippen LogP contribution in [0.2, 0.25) is 0 Å². The third-order valence-electron chi connectivity index (χ3n) is 2.72. The minimum atomic E-state index is 0.0688. The number of anilines is 1. The fourth-order valence-electron chi connectivity index (χ4n) is 1.79. The molecular formula is C12H17N3OS. The highest BCUT2D eigenvalue weighted by Crippen LogP contribution is 2.14. The van der Waals surface area contributed by atoms with Gasteiger partial charge >= 0.3 is 0 Å². The molecule has 1 aromatic rings. The normalized spacial score (nSPS) is 19.9. The number of hydrogen-bond donors (Lipinski definition) is 2. The second-order valence-corrected chi connectivity index (χ2v) is 5.32. The Labute approximate surface area is 106 Å². The minimum Gasteiger partial charge on any atom is -0.326 e. The number of hydrogen-bond acceptors (Lipinski definition) is 4. The molecule has 1 aliphatic heterocycles. The van der Waals surface area contributed by atoms with Crippen LogP contribution in [0.3, 0.4) is 0 Å². The van der Waals surface area contributed by atoms with Crippen molar-refractivity contribution >= 4 is 23.4 Å². The maximum Gasteiger partial charge on any atom is 0.225 e. The molecule has 1 aromatic heterocycles. The Kier molecular flexibility index (Phi) is 4.39. The van der Waals surface area contributed by atoms with Crippen molar-refractivity contribution in [2.24, 2.45) is 0 Å². The van der Waals surface area contributed by atoms with E-state index in [0.29, 0.717) is 12.5 Å². The number of aromatic nitrogens is 1. The highest BCUT2D eigenvalue weighted by atomic mass is 32.2. The van der Waals surface area contributed by atoms with Gasteiger partial charge in [0.1, 0.15) is 0 Å². The van der Waals surface area contributed by atoms with E-state index in [-0.39, 0.29) is 5.91 Å². The molecule has 92 valence electrons. The van der Waals surface area contributed by atoms with Gasteiger partial charge in [0.25, 0.3) is 0 Å². The first-order valence-electron chi connectivity index (χ1n) is 5.77. The molecule has 0 radical (unpaired) electrons. The summed E-state index contributed by atoms with van der Waals surface area (Å²) in [5.41, 5.74) is 1.85. The molecule has 0 aromatic carbocycles. The van der Waals surface area contributed by atoms with E-state index in [0.717, 1.165) is 29.3 Å². The van der Waals surface area contributed by atoms with E-state index in [9.17, 15) is 4.79 Å². The van der Waals surface area contributed by atoms with E-state index < -0.39 is 0 Å². The number of nitrogens with zero attached hydrogens (tertiary/aromatic N) is 1. The summed E-state index contributed by atoms with van der Waals surface area (Å²) in [5.74, 6) is 2.23. The van der Waals surface area contributed by atoms with Crippen molar-refractivity contribution in [2.45, 2.75) is 19.4 Å². The van der Waals surface area contributed by atoms with Crippen LogP contribution in [-0.4, -0.2) is 35.0 Å². The monoisotopic (exact) mass is 251 g/mol. The van der Waals surface area contributed by atoms with Crippen LogP contribution in [0.1, 0.15) is 12.0 Å². The van der Waals surface area contributed by atoms with Crippen molar-refractivity contribution in [1.82, 2.24) is 10.3 Å². The highest BCUT2D eigenvalue weighted by molar-refractivity contribution is 7.99. The van der Waals surface area contributed by atoms with Gasteiger partial charge in [0.15, 0.2) is 0 Å². The lowest BCUT2D eigenvalue weighted by Gasteiger charge is -2.22. The number of carbonyl (C=O) groups is 1. The van der Waals surface area contributed by atoms with Crippen LogP contribution in [0.25, 0.3) is 0 Å². The van der Waals surface area contributed by atoms with Crippen molar-refractivity contribution in [3.05, 3.63) is 24.0 Å². The molecule has 0 aliphatic carbocycles. The van der Waals surface area contributed by atoms with Crippen LogP contribution in [0, 0.1) is 6.92 Å². The predicted molar refractivity (Wildman–Crippen MR) is 71.3 cm³/mol. The second-order valence-electron chi connectivity index (χ2n) is 4.17. The molecule has 1 fully saturated rings. The fraction of sp³-hybridized carbons (Fsp3) is 0.500. The average molecular weight is 251 g/mol. The van der Waals surface area contributed by atoms with Gasteiger partial charge in [-0.2, -0.15) is 11.8 Å². The van der Waals surface area contributed by atoms with Gasteiger partial charge in [0.05, 0.1) is 0 Å². The maximum absolute atomic E-state index is 11.9. The third kappa shape index (κ3) is 3.71. The van der Waals surface area contributed by atoms with Crippen LogP contribution < -0.4 is 10.6 Å². The Morgan fingerprint density at radius 3 is 3.29 bits per heavy atom. The molecular weight excluding hydrogens is 234 g/mol. The molecule has 4 nitrogen and oxygen atoms in total. The molecule has 2 rings (SSSR count). The maximum atomic E-state index is 11.9. The van der Waals surface area contributed by atoms with Crippen LogP contribution in [-0.2, 0) is 4.79 Å². The molecule has 5 heteroatoms. The standard InChI is InChI=1S/C12H17N3OS/c1-9-7-13-3-2-11(9)15-12(16)6-10-8-17-5-4-14-10/h2-3,7,10,14H,4-6,8H2,1H3,(H,13,15,16). The largest absolute Gasteiger partial charge is 0.326 e. The number of thioether (sulfide) groups is 1. The number of pyridine rings is 1. The summed E-state index contributed by atoms with van der Waals surface area (Å²) in [6.07, 6.45) is 3.98. The summed E-state index contributed by atoms with van der Waals surface area (Å²) < 4.78 is 0. The summed E-state index contributed by atoms with van der Waals surface area (Å²) in [4.78, 5) is 15.9. The smallest absolute Gasteiger partial charge is 0.225 e. The van der Waals surface area contributed by atoms with Gasteiger partial charge in [-0.3, -0.25) is 9.78 Å². The molecule has 0 bridgehead atoms. The first-order valence-corrected chi connectivity index (χ1v) is 6.93. The molecule has 1 saturated heterocycles. The third-order valence-corrected chi connectivity index (χ3v) is 3.86. The topological polar surface area (TPSA) is 54.0 Å². The number of carbonyl (C=O) groups excluding carboxylic acids is 1. The molecule has 2 heterocycles. The number of amides is 1. The Bertz CT molecular complexity index is 391. The quantitative estimate of drug-likeness (QED) is 0.853. The second kappa shape index (κ2) is 6.02. The zero-order chi connectivity index (χ0) is 12.1. The Hall–Kier alpha value is -1.07. The van der Waals surface area contributed by atoms with Gasteiger partial charge in [-0.05, 0) is 18.6 Å². The summed E-state index contributed by atoms with van der Waals surface area (Å²) in [5, 5.41) is 6.29. The summed E-state index contributed by atoms with van der Waals surface area (Å²) in [6.45, 7) is 2.94. The molecule has 1 unspecified atom stereocenters. The van der Waals surface area contributed by atoms with E-state index in [1.165, 1.54) is 0 Å². The summed E-state index contributed by atoms with van der Waals surface area (Å²) >= 11 is 1.90. The van der Waals surface area contributed by atoms with Gasteiger partial charge in [-0.1, -0.05) is 0 Å². The lowest BCUT2D eigenvalue weighted by molar-refractivity contribution is -0.116.